The van der Waals surface area contributed by atoms with Crippen molar-refractivity contribution in [2.75, 3.05) is 11.9 Å². The molecule has 8 heteroatoms. The Morgan fingerprint density at radius 2 is 2.18 bits per heavy atom. The molecule has 0 fully saturated rings. The molecule has 1 aromatic heterocycles. The van der Waals surface area contributed by atoms with E-state index in [-0.39, 0.29) is 4.47 Å². The summed E-state index contributed by atoms with van der Waals surface area (Å²) in [6, 6.07) is 0. The Kier molecular flexibility index (Phi) is 4.55. The quantitative estimate of drug-likeness (QED) is 0.928. The van der Waals surface area contributed by atoms with Gasteiger partial charge in [0.15, 0.2) is 0 Å². The van der Waals surface area contributed by atoms with Gasteiger partial charge in [-0.3, -0.25) is 4.79 Å². The van der Waals surface area contributed by atoms with E-state index < -0.39 is 18.3 Å². The lowest BCUT2D eigenvalue weighted by molar-refractivity contribution is -0.143. The van der Waals surface area contributed by atoms with Gasteiger partial charge in [-0.05, 0) is 22.4 Å². The first kappa shape index (κ1) is 14.0. The van der Waals surface area contributed by atoms with Gasteiger partial charge < -0.3 is 5.32 Å². The zero-order chi connectivity index (χ0) is 13.1. The largest absolute Gasteiger partial charge is 0.408 e. The monoisotopic (exact) mass is 313 g/mol. The maximum atomic E-state index is 12.1. The van der Waals surface area contributed by atoms with Gasteiger partial charge in [0.05, 0.1) is 11.9 Å². The van der Waals surface area contributed by atoms with E-state index in [1.165, 1.54) is 6.20 Å². The minimum atomic E-state index is -4.46. The molecule has 0 aliphatic carbocycles. The van der Waals surface area contributed by atoms with E-state index in [1.54, 1.807) is 0 Å². The van der Waals surface area contributed by atoms with Gasteiger partial charge in [-0.1, -0.05) is 6.92 Å². The molecule has 1 heterocycles. The summed E-state index contributed by atoms with van der Waals surface area (Å²) in [7, 11) is 0. The van der Waals surface area contributed by atoms with Crippen LogP contribution in [0.2, 0.25) is 0 Å². The fourth-order valence-electron chi connectivity index (χ4n) is 1.13. The minimum Gasteiger partial charge on any atom is -0.383 e. The molecule has 1 aromatic rings. The summed E-state index contributed by atoms with van der Waals surface area (Å²) in [6.45, 7) is 1.15. The van der Waals surface area contributed by atoms with E-state index in [0.717, 1.165) is 6.42 Å². The van der Waals surface area contributed by atoms with Crippen molar-refractivity contribution in [3.05, 3.63) is 21.0 Å². The molecule has 0 saturated carbocycles. The Morgan fingerprint density at radius 1 is 1.53 bits per heavy atom. The van der Waals surface area contributed by atoms with Crippen molar-refractivity contribution in [1.82, 2.24) is 9.78 Å². The van der Waals surface area contributed by atoms with Crippen molar-refractivity contribution in [1.29, 1.82) is 0 Å². The molecule has 0 saturated heterocycles. The van der Waals surface area contributed by atoms with Crippen LogP contribution in [0.3, 0.4) is 0 Å². The van der Waals surface area contributed by atoms with Crippen molar-refractivity contribution < 1.29 is 13.2 Å². The number of hydrogen-bond acceptors (Lipinski definition) is 3. The third-order valence-electron chi connectivity index (χ3n) is 1.88. The number of rotatable bonds is 4. The van der Waals surface area contributed by atoms with Crippen LogP contribution in [0.5, 0.6) is 0 Å². The molecule has 0 atom stereocenters. The Balaban J connectivity index is 2.99. The normalized spacial score (nSPS) is 11.6. The van der Waals surface area contributed by atoms with E-state index in [1.807, 2.05) is 6.92 Å². The van der Waals surface area contributed by atoms with Gasteiger partial charge >= 0.3 is 6.18 Å². The average molecular weight is 314 g/mol. The summed E-state index contributed by atoms with van der Waals surface area (Å²) in [5, 5.41) is 6.36. The number of anilines is 1. The lowest BCUT2D eigenvalue weighted by atomic mass is 10.4. The van der Waals surface area contributed by atoms with Crippen LogP contribution in [0, 0.1) is 0 Å². The van der Waals surface area contributed by atoms with Crippen LogP contribution in [0.15, 0.2) is 15.5 Å². The third-order valence-corrected chi connectivity index (χ3v) is 2.65. The highest BCUT2D eigenvalue weighted by Gasteiger charge is 2.29. The van der Waals surface area contributed by atoms with Crippen molar-refractivity contribution in [2.24, 2.45) is 0 Å². The van der Waals surface area contributed by atoms with Gasteiger partial charge in [-0.25, -0.2) is 4.68 Å². The summed E-state index contributed by atoms with van der Waals surface area (Å²) in [4.78, 5) is 11.5. The molecule has 0 aliphatic rings. The number of hydrogen-bond donors (Lipinski definition) is 1. The van der Waals surface area contributed by atoms with Crippen molar-refractivity contribution >= 4 is 21.6 Å². The second kappa shape index (κ2) is 5.52. The Hall–Kier alpha value is -1.05. The SMILES string of the molecule is CCCNc1cnn(CC(F)(F)F)c(=O)c1Br. The predicted octanol–water partition coefficient (Wildman–Crippen LogP) is 2.39. The fraction of sp³-hybridized carbons (Fsp3) is 0.556. The Morgan fingerprint density at radius 3 is 2.71 bits per heavy atom. The lowest BCUT2D eigenvalue weighted by Gasteiger charge is -2.11. The maximum absolute atomic E-state index is 12.1. The smallest absolute Gasteiger partial charge is 0.383 e. The zero-order valence-electron chi connectivity index (χ0n) is 9.01. The topological polar surface area (TPSA) is 46.9 Å². The lowest BCUT2D eigenvalue weighted by Crippen LogP contribution is -2.31. The predicted molar refractivity (Wildman–Crippen MR) is 61.0 cm³/mol. The van der Waals surface area contributed by atoms with E-state index in [4.69, 9.17) is 0 Å². The Labute approximate surface area is 104 Å². The summed E-state index contributed by atoms with van der Waals surface area (Å²) < 4.78 is 36.8. The highest BCUT2D eigenvalue weighted by Crippen LogP contribution is 2.19. The van der Waals surface area contributed by atoms with Crippen molar-refractivity contribution in [3.8, 4) is 0 Å². The standard InChI is InChI=1S/C9H11BrF3N3O/c1-2-3-14-6-4-15-16(5-9(11,12)13)8(17)7(6)10/h4,14H,2-3,5H2,1H3. The van der Waals surface area contributed by atoms with Crippen LogP contribution < -0.4 is 10.9 Å². The van der Waals surface area contributed by atoms with Crippen molar-refractivity contribution in [3.63, 3.8) is 0 Å². The number of alkyl halides is 3. The van der Waals surface area contributed by atoms with E-state index in [9.17, 15) is 18.0 Å². The molecule has 0 radical (unpaired) electrons. The molecular weight excluding hydrogens is 303 g/mol. The van der Waals surface area contributed by atoms with Gasteiger partial charge in [-0.15, -0.1) is 0 Å². The molecular formula is C9H11BrF3N3O. The molecule has 0 amide bonds. The molecule has 0 bridgehead atoms. The Bertz CT molecular complexity index is 444. The summed E-state index contributed by atoms with van der Waals surface area (Å²) in [5.74, 6) is 0. The molecule has 4 nitrogen and oxygen atoms in total. The van der Waals surface area contributed by atoms with Crippen LogP contribution in [0.1, 0.15) is 13.3 Å². The summed E-state index contributed by atoms with van der Waals surface area (Å²) in [5.41, 5.74) is -0.404. The highest BCUT2D eigenvalue weighted by molar-refractivity contribution is 9.10. The van der Waals surface area contributed by atoms with Crippen LogP contribution >= 0.6 is 15.9 Å². The summed E-state index contributed by atoms with van der Waals surface area (Å²) in [6.07, 6.45) is -2.43. The number of halogens is 4. The first-order valence-electron chi connectivity index (χ1n) is 4.91. The molecule has 0 spiro atoms. The molecule has 1 rings (SSSR count). The van der Waals surface area contributed by atoms with E-state index in [2.05, 4.69) is 26.3 Å². The third kappa shape index (κ3) is 4.03. The van der Waals surface area contributed by atoms with Gasteiger partial charge in [0.1, 0.15) is 11.0 Å². The molecule has 1 N–H and O–H groups in total. The number of nitrogens with zero attached hydrogens (tertiary/aromatic N) is 2. The fourth-order valence-corrected chi connectivity index (χ4v) is 1.58. The molecule has 0 unspecified atom stereocenters. The molecule has 0 aromatic carbocycles. The van der Waals surface area contributed by atoms with Crippen LogP contribution in [-0.4, -0.2) is 22.5 Å². The van der Waals surface area contributed by atoms with Gasteiger partial charge in [0.2, 0.25) is 0 Å². The van der Waals surface area contributed by atoms with Crippen LogP contribution in [0.4, 0.5) is 18.9 Å². The van der Waals surface area contributed by atoms with Gasteiger partial charge in [0, 0.05) is 6.54 Å². The molecule has 96 valence electrons. The second-order valence-electron chi connectivity index (χ2n) is 3.38. The molecule has 17 heavy (non-hydrogen) atoms. The van der Waals surface area contributed by atoms with E-state index in [0.29, 0.717) is 16.9 Å². The average Bonchev–Trinajstić information content (AvgIpc) is 2.22. The maximum Gasteiger partial charge on any atom is 0.408 e. The first-order chi connectivity index (χ1) is 7.85. The molecule has 0 aliphatic heterocycles. The van der Waals surface area contributed by atoms with Crippen LogP contribution in [0.25, 0.3) is 0 Å². The van der Waals surface area contributed by atoms with Crippen LogP contribution in [-0.2, 0) is 6.54 Å². The van der Waals surface area contributed by atoms with E-state index >= 15 is 0 Å². The minimum absolute atomic E-state index is 0.0604. The number of nitrogens with one attached hydrogen (secondary N) is 1. The van der Waals surface area contributed by atoms with Gasteiger partial charge in [-0.2, -0.15) is 18.3 Å². The second-order valence-corrected chi connectivity index (χ2v) is 4.17. The summed E-state index contributed by atoms with van der Waals surface area (Å²) >= 11 is 2.97. The zero-order valence-corrected chi connectivity index (χ0v) is 10.6. The van der Waals surface area contributed by atoms with Crippen molar-refractivity contribution in [2.45, 2.75) is 26.1 Å². The highest BCUT2D eigenvalue weighted by atomic mass is 79.9. The first-order valence-corrected chi connectivity index (χ1v) is 5.70. The number of aromatic nitrogens is 2. The van der Waals surface area contributed by atoms with Gasteiger partial charge in [0.25, 0.3) is 5.56 Å².